The number of aliphatic hydroxyl groups excluding tert-OH is 1. The van der Waals surface area contributed by atoms with E-state index in [-0.39, 0.29) is 21.6 Å². The van der Waals surface area contributed by atoms with Crippen molar-refractivity contribution in [3.8, 4) is 11.4 Å². The quantitative estimate of drug-likeness (QED) is 0.457. The molecule has 0 spiro atoms. The molecule has 3 aromatic rings. The summed E-state index contributed by atoms with van der Waals surface area (Å²) in [6.45, 7) is 3.03. The number of para-hydroxylation sites is 1. The molecule has 0 unspecified atom stereocenters. The zero-order valence-corrected chi connectivity index (χ0v) is 20.5. The van der Waals surface area contributed by atoms with E-state index in [1.54, 1.807) is 6.07 Å². The maximum absolute atomic E-state index is 15.2. The van der Waals surface area contributed by atoms with Crippen LogP contribution < -0.4 is 15.7 Å². The number of hydrogen-bond donors (Lipinski definition) is 2. The van der Waals surface area contributed by atoms with E-state index in [0.717, 1.165) is 17.6 Å². The first-order chi connectivity index (χ1) is 16.2. The lowest BCUT2D eigenvalue weighted by molar-refractivity contribution is -0.0719. The fourth-order valence-corrected chi connectivity index (χ4v) is 3.54. The maximum atomic E-state index is 15.2. The van der Waals surface area contributed by atoms with Gasteiger partial charge in [-0.05, 0) is 32.0 Å². The number of ether oxygens (including phenoxy) is 1. The second-order valence-electron chi connectivity index (χ2n) is 7.85. The van der Waals surface area contributed by atoms with Gasteiger partial charge in [0, 0.05) is 20.0 Å². The van der Waals surface area contributed by atoms with Gasteiger partial charge in [0.25, 0.3) is 11.8 Å². The van der Waals surface area contributed by atoms with Gasteiger partial charge in [-0.15, -0.1) is 5.10 Å². The molecule has 0 aliphatic rings. The van der Waals surface area contributed by atoms with Crippen LogP contribution in [0.2, 0.25) is 10.0 Å². The number of carbonyl (C=O) groups excluding carboxylic acids is 1. The van der Waals surface area contributed by atoms with E-state index >= 15 is 4.39 Å². The monoisotopic (exact) mass is 532 g/mol. The molecule has 0 aliphatic carbocycles. The highest BCUT2D eigenvalue weighted by atomic mass is 35.5. The summed E-state index contributed by atoms with van der Waals surface area (Å²) in [5.41, 5.74) is -1.74. The van der Waals surface area contributed by atoms with Gasteiger partial charge in [-0.2, -0.15) is 4.68 Å². The van der Waals surface area contributed by atoms with Gasteiger partial charge in [-0.3, -0.25) is 9.36 Å². The Hall–Kier alpha value is -3.02. The van der Waals surface area contributed by atoms with Crippen molar-refractivity contribution in [3.05, 3.63) is 68.1 Å². The van der Waals surface area contributed by atoms with Crippen LogP contribution in [0.3, 0.4) is 0 Å². The molecule has 1 heterocycles. The Morgan fingerprint density at radius 1 is 1.23 bits per heavy atom. The Morgan fingerprint density at radius 2 is 1.83 bits per heavy atom. The predicted octanol–water partition coefficient (Wildman–Crippen LogP) is 4.75. The maximum Gasteiger partial charge on any atom is 0.350 e. The molecule has 2 aromatic carbocycles. The topological polar surface area (TPSA) is 98.4 Å². The molecule has 0 radical (unpaired) electrons. The second-order valence-corrected chi connectivity index (χ2v) is 8.67. The van der Waals surface area contributed by atoms with Crippen molar-refractivity contribution in [2.24, 2.45) is 7.05 Å². The number of nitrogens with zero attached hydrogens (tertiary/aromatic N) is 3. The molecule has 1 amide bonds. The molecule has 0 fully saturated rings. The van der Waals surface area contributed by atoms with Gasteiger partial charge in [0.05, 0.1) is 21.3 Å². The lowest BCUT2D eigenvalue weighted by atomic mass is 10.1. The Labute approximate surface area is 207 Å². The number of benzene rings is 2. The lowest BCUT2D eigenvalue weighted by Gasteiger charge is -2.23. The van der Waals surface area contributed by atoms with E-state index < -0.39 is 52.5 Å². The average Bonchev–Trinajstić information content (AvgIpc) is 3.05. The molecule has 35 heavy (non-hydrogen) atoms. The van der Waals surface area contributed by atoms with Crippen LogP contribution in [0.5, 0.6) is 5.75 Å². The number of halogens is 5. The Bertz CT molecular complexity index is 1320. The molecule has 13 heteroatoms. The minimum absolute atomic E-state index is 0.0210. The number of amides is 1. The number of carbonyl (C=O) groups is 1. The van der Waals surface area contributed by atoms with Crippen LogP contribution in [0.25, 0.3) is 5.69 Å². The summed E-state index contributed by atoms with van der Waals surface area (Å²) in [6.07, 6.45) is -2.89. The summed E-state index contributed by atoms with van der Waals surface area (Å²) < 4.78 is 49.8. The van der Waals surface area contributed by atoms with Crippen molar-refractivity contribution in [1.29, 1.82) is 0 Å². The second kappa shape index (κ2) is 9.92. The van der Waals surface area contributed by atoms with Crippen molar-refractivity contribution in [1.82, 2.24) is 14.3 Å². The third-order valence-electron chi connectivity index (χ3n) is 5.13. The summed E-state index contributed by atoms with van der Waals surface area (Å²) in [5.74, 6) is -5.88. The number of aliphatic hydroxyl groups is 1. The average molecular weight is 533 g/mol. The lowest BCUT2D eigenvalue weighted by Crippen LogP contribution is -2.33. The third kappa shape index (κ3) is 5.47. The van der Waals surface area contributed by atoms with E-state index in [1.807, 2.05) is 0 Å². The standard InChI is InChI=1S/C22H21Cl2F3N4O4/c1-10(32)19-29-31(21(34)30(19)4)16-9-17(35-11(2)22(3,26)27)12(8-15(16)25)20(33)28-18-13(23)6-5-7-14(18)24/h5-11,32H,1-4H3,(H,28,33)/t10-,11-/m0/s1. The number of alkyl halides is 2. The van der Waals surface area contributed by atoms with Crippen molar-refractivity contribution >= 4 is 34.8 Å². The molecule has 2 N–H and O–H groups in total. The van der Waals surface area contributed by atoms with Crippen molar-refractivity contribution in [3.63, 3.8) is 0 Å². The fraction of sp³-hybridized carbons (Fsp3) is 0.318. The minimum Gasteiger partial charge on any atom is -0.484 e. The van der Waals surface area contributed by atoms with E-state index in [0.29, 0.717) is 17.7 Å². The number of hydrogen-bond acceptors (Lipinski definition) is 5. The first kappa shape index (κ1) is 26.6. The Balaban J connectivity index is 2.16. The van der Waals surface area contributed by atoms with Crippen LogP contribution in [0.15, 0.2) is 35.1 Å². The molecular weight excluding hydrogens is 512 g/mol. The molecule has 0 aliphatic heterocycles. The van der Waals surface area contributed by atoms with E-state index in [2.05, 4.69) is 10.4 Å². The van der Waals surface area contributed by atoms with Gasteiger partial charge >= 0.3 is 5.69 Å². The summed E-state index contributed by atoms with van der Waals surface area (Å²) in [4.78, 5) is 25.6. The first-order valence-electron chi connectivity index (χ1n) is 10.2. The van der Waals surface area contributed by atoms with Crippen LogP contribution in [0.4, 0.5) is 18.9 Å². The highest BCUT2D eigenvalue weighted by molar-refractivity contribution is 6.40. The molecule has 1 aromatic heterocycles. The Kier molecular flexibility index (Phi) is 7.53. The molecule has 0 saturated heterocycles. The van der Waals surface area contributed by atoms with Crippen molar-refractivity contribution in [2.45, 2.75) is 38.9 Å². The zero-order valence-electron chi connectivity index (χ0n) is 18.9. The summed E-state index contributed by atoms with van der Waals surface area (Å²) in [5, 5.41) is 16.3. The van der Waals surface area contributed by atoms with Gasteiger partial charge in [-0.1, -0.05) is 29.3 Å². The van der Waals surface area contributed by atoms with Crippen LogP contribution >= 0.6 is 23.2 Å². The number of rotatable bonds is 7. The number of aromatic nitrogens is 3. The van der Waals surface area contributed by atoms with Gasteiger partial charge in [0.1, 0.15) is 23.4 Å². The highest BCUT2D eigenvalue weighted by Crippen LogP contribution is 2.33. The molecule has 0 saturated carbocycles. The van der Waals surface area contributed by atoms with Crippen LogP contribution in [-0.2, 0) is 7.05 Å². The minimum atomic E-state index is -3.32. The van der Waals surface area contributed by atoms with Gasteiger partial charge in [0.2, 0.25) is 0 Å². The first-order valence-corrected chi connectivity index (χ1v) is 11.0. The van der Waals surface area contributed by atoms with Gasteiger partial charge < -0.3 is 15.2 Å². The van der Waals surface area contributed by atoms with E-state index in [9.17, 15) is 23.5 Å². The SMILES string of the molecule is C[C@H](O)c1nn(-c2cc(O[C@@H](C)C(C)(F)F)c(C(=O)Nc3c(Cl)cccc3Cl)cc2F)c(=O)n1C. The Morgan fingerprint density at radius 3 is 2.34 bits per heavy atom. The zero-order chi connectivity index (χ0) is 26.2. The molecule has 2 atom stereocenters. The normalized spacial score (nSPS) is 13.4. The predicted molar refractivity (Wildman–Crippen MR) is 125 cm³/mol. The highest BCUT2D eigenvalue weighted by Gasteiger charge is 2.34. The van der Waals surface area contributed by atoms with E-state index in [1.165, 1.54) is 26.1 Å². The molecule has 188 valence electrons. The fourth-order valence-electron chi connectivity index (χ4n) is 3.05. The van der Waals surface area contributed by atoms with Crippen LogP contribution in [-0.4, -0.2) is 37.4 Å². The summed E-state index contributed by atoms with van der Waals surface area (Å²) in [6, 6.07) is 6.07. The molecule has 0 bridgehead atoms. The smallest absolute Gasteiger partial charge is 0.350 e. The van der Waals surface area contributed by atoms with Gasteiger partial charge in [-0.25, -0.2) is 18.0 Å². The van der Waals surface area contributed by atoms with E-state index in [4.69, 9.17) is 27.9 Å². The largest absolute Gasteiger partial charge is 0.484 e. The summed E-state index contributed by atoms with van der Waals surface area (Å²) in [7, 11) is 1.32. The number of anilines is 1. The van der Waals surface area contributed by atoms with Gasteiger partial charge in [0.15, 0.2) is 11.9 Å². The van der Waals surface area contributed by atoms with Crippen molar-refractivity contribution in [2.75, 3.05) is 5.32 Å². The van der Waals surface area contributed by atoms with Crippen molar-refractivity contribution < 1.29 is 27.8 Å². The molecule has 3 rings (SSSR count). The molecular formula is C22H21Cl2F3N4O4. The molecule has 8 nitrogen and oxygen atoms in total. The number of nitrogens with one attached hydrogen (secondary N) is 1. The van der Waals surface area contributed by atoms with Crippen LogP contribution in [0, 0.1) is 5.82 Å². The summed E-state index contributed by atoms with van der Waals surface area (Å²) >= 11 is 12.1. The third-order valence-corrected chi connectivity index (χ3v) is 5.76. The van der Waals surface area contributed by atoms with Crippen LogP contribution in [0.1, 0.15) is 43.1 Å².